The summed E-state index contributed by atoms with van der Waals surface area (Å²) in [7, 11) is 0. The topological polar surface area (TPSA) is 86.7 Å². The number of carbonyl (C=O) groups is 3. The predicted octanol–water partition coefficient (Wildman–Crippen LogP) is 1.26. The van der Waals surface area contributed by atoms with Crippen LogP contribution >= 0.6 is 0 Å². The lowest BCUT2D eigenvalue weighted by Gasteiger charge is -2.33. The Morgan fingerprint density at radius 3 is 2.21 bits per heavy atom. The fourth-order valence-corrected chi connectivity index (χ4v) is 3.71. The number of likely N-dealkylation sites (tertiary alicyclic amines) is 1. The van der Waals surface area contributed by atoms with E-state index in [9.17, 15) is 32.7 Å². The molecule has 0 spiro atoms. The third-order valence-electron chi connectivity index (χ3n) is 5.22. The zero-order valence-electron chi connectivity index (χ0n) is 13.8. The summed E-state index contributed by atoms with van der Waals surface area (Å²) in [6.45, 7) is 6.99. The molecular weight excluding hydrogens is 329 g/mol. The number of amides is 2. The van der Waals surface area contributed by atoms with Crippen LogP contribution in [0.5, 0.6) is 0 Å². The third-order valence-corrected chi connectivity index (χ3v) is 5.22. The van der Waals surface area contributed by atoms with Gasteiger partial charge in [-0.1, -0.05) is 27.7 Å². The summed E-state index contributed by atoms with van der Waals surface area (Å²) in [6, 6.07) is -2.48. The van der Waals surface area contributed by atoms with Crippen LogP contribution in [0.25, 0.3) is 0 Å². The SMILES string of the molecule is CC(C)[C@H](NC(=O)C(F)(F)F)C(=O)N1CC2C(C1C(=O)O)C2(C)C. The Kier molecular flexibility index (Phi) is 4.35. The van der Waals surface area contributed by atoms with E-state index in [4.69, 9.17) is 0 Å². The number of nitrogens with one attached hydrogen (secondary N) is 1. The molecule has 0 radical (unpaired) electrons. The molecule has 9 heteroatoms. The Morgan fingerprint density at radius 1 is 1.25 bits per heavy atom. The number of carboxylic acid groups (broad SMARTS) is 1. The largest absolute Gasteiger partial charge is 0.480 e. The number of fused-ring (bicyclic) bond motifs is 1. The molecule has 6 nitrogen and oxygen atoms in total. The minimum atomic E-state index is -5.10. The highest BCUT2D eigenvalue weighted by Crippen LogP contribution is 2.64. The van der Waals surface area contributed by atoms with Gasteiger partial charge in [-0.05, 0) is 17.3 Å². The van der Waals surface area contributed by atoms with Crippen molar-refractivity contribution in [2.75, 3.05) is 6.54 Å². The zero-order valence-corrected chi connectivity index (χ0v) is 13.8. The maximum atomic E-state index is 12.6. The van der Waals surface area contributed by atoms with Gasteiger partial charge in [-0.2, -0.15) is 13.2 Å². The number of hydrogen-bond acceptors (Lipinski definition) is 3. The van der Waals surface area contributed by atoms with Crippen LogP contribution in [0.3, 0.4) is 0 Å². The van der Waals surface area contributed by atoms with Crippen molar-refractivity contribution in [2.45, 2.75) is 46.0 Å². The molecule has 0 aromatic carbocycles. The van der Waals surface area contributed by atoms with Crippen LogP contribution in [0, 0.1) is 23.2 Å². The van der Waals surface area contributed by atoms with Gasteiger partial charge >= 0.3 is 18.1 Å². The Morgan fingerprint density at radius 2 is 1.79 bits per heavy atom. The highest BCUT2D eigenvalue weighted by molar-refractivity contribution is 5.93. The Labute approximate surface area is 137 Å². The van der Waals surface area contributed by atoms with E-state index in [0.717, 1.165) is 4.90 Å². The summed E-state index contributed by atoms with van der Waals surface area (Å²) < 4.78 is 37.4. The van der Waals surface area contributed by atoms with E-state index in [-0.39, 0.29) is 23.8 Å². The van der Waals surface area contributed by atoms with E-state index >= 15 is 0 Å². The number of alkyl halides is 3. The van der Waals surface area contributed by atoms with Crippen molar-refractivity contribution >= 4 is 17.8 Å². The summed E-state index contributed by atoms with van der Waals surface area (Å²) in [4.78, 5) is 36.4. The van der Waals surface area contributed by atoms with Gasteiger partial charge in [0, 0.05) is 12.5 Å². The summed E-state index contributed by atoms with van der Waals surface area (Å²) in [5.41, 5.74) is -0.206. The molecule has 1 saturated heterocycles. The highest BCUT2D eigenvalue weighted by Gasteiger charge is 2.69. The maximum absolute atomic E-state index is 12.6. The molecule has 0 aromatic rings. The summed E-state index contributed by atoms with van der Waals surface area (Å²) in [6.07, 6.45) is -5.10. The average Bonchev–Trinajstić information content (AvgIpc) is 2.82. The van der Waals surface area contributed by atoms with Gasteiger partial charge in [0.25, 0.3) is 0 Å². The molecule has 2 rings (SSSR count). The molecule has 3 unspecified atom stereocenters. The first kappa shape index (κ1) is 18.5. The Balaban J connectivity index is 2.19. The fraction of sp³-hybridized carbons (Fsp3) is 0.800. The number of carbonyl (C=O) groups excluding carboxylic acids is 2. The molecule has 24 heavy (non-hydrogen) atoms. The van der Waals surface area contributed by atoms with Crippen molar-refractivity contribution in [2.24, 2.45) is 23.2 Å². The van der Waals surface area contributed by atoms with Crippen molar-refractivity contribution in [3.05, 3.63) is 0 Å². The molecule has 2 N–H and O–H groups in total. The van der Waals surface area contributed by atoms with Crippen LogP contribution < -0.4 is 5.32 Å². The number of nitrogens with zero attached hydrogens (tertiary/aromatic N) is 1. The van der Waals surface area contributed by atoms with Gasteiger partial charge in [-0.15, -0.1) is 0 Å². The number of hydrogen-bond donors (Lipinski definition) is 2. The maximum Gasteiger partial charge on any atom is 0.471 e. The molecule has 0 bridgehead atoms. The van der Waals surface area contributed by atoms with Crippen molar-refractivity contribution in [3.8, 4) is 0 Å². The van der Waals surface area contributed by atoms with E-state index in [1.807, 2.05) is 13.8 Å². The van der Waals surface area contributed by atoms with Crippen molar-refractivity contribution in [1.82, 2.24) is 10.2 Å². The van der Waals surface area contributed by atoms with Crippen LogP contribution in [0.1, 0.15) is 27.7 Å². The van der Waals surface area contributed by atoms with Gasteiger partial charge in [0.1, 0.15) is 12.1 Å². The fourth-order valence-electron chi connectivity index (χ4n) is 3.71. The normalized spacial score (nSPS) is 29.2. The van der Waals surface area contributed by atoms with Crippen LogP contribution in [0.2, 0.25) is 0 Å². The Hall–Kier alpha value is -1.80. The minimum absolute atomic E-state index is 0.00804. The first-order valence-corrected chi connectivity index (χ1v) is 7.71. The van der Waals surface area contributed by atoms with Crippen LogP contribution in [0.4, 0.5) is 13.2 Å². The van der Waals surface area contributed by atoms with Gasteiger partial charge in [-0.3, -0.25) is 9.59 Å². The monoisotopic (exact) mass is 350 g/mol. The van der Waals surface area contributed by atoms with Gasteiger partial charge in [0.2, 0.25) is 5.91 Å². The van der Waals surface area contributed by atoms with Gasteiger partial charge in [-0.25, -0.2) is 4.79 Å². The van der Waals surface area contributed by atoms with Crippen LogP contribution in [-0.4, -0.2) is 52.6 Å². The second-order valence-corrected chi connectivity index (χ2v) is 7.42. The number of carboxylic acids is 1. The minimum Gasteiger partial charge on any atom is -0.480 e. The quantitative estimate of drug-likeness (QED) is 0.799. The molecule has 0 aromatic heterocycles. The standard InChI is InChI=1S/C15H21F3N2O4/c1-6(2)9(19-13(24)15(16,17)18)11(21)20-5-7-8(14(7,3)4)10(20)12(22)23/h6-10H,5H2,1-4H3,(H,19,24)(H,22,23)/t7?,8?,9-,10?/m0/s1. The Bertz CT molecular complexity index is 574. The second-order valence-electron chi connectivity index (χ2n) is 7.42. The molecule has 1 aliphatic carbocycles. The molecular formula is C15H21F3N2O4. The van der Waals surface area contributed by atoms with Crippen molar-refractivity contribution in [1.29, 1.82) is 0 Å². The molecule has 1 saturated carbocycles. The first-order chi connectivity index (χ1) is 10.8. The van der Waals surface area contributed by atoms with E-state index in [1.165, 1.54) is 13.8 Å². The highest BCUT2D eigenvalue weighted by atomic mass is 19.4. The number of piperidine rings is 1. The van der Waals surface area contributed by atoms with Gasteiger partial charge < -0.3 is 15.3 Å². The van der Waals surface area contributed by atoms with E-state index < -0.39 is 42.0 Å². The van der Waals surface area contributed by atoms with Crippen molar-refractivity contribution in [3.63, 3.8) is 0 Å². The molecule has 136 valence electrons. The second kappa shape index (κ2) is 5.63. The van der Waals surface area contributed by atoms with E-state index in [2.05, 4.69) is 0 Å². The lowest BCUT2D eigenvalue weighted by atomic mass is 9.98. The third kappa shape index (κ3) is 2.95. The smallest absolute Gasteiger partial charge is 0.471 e. The molecule has 2 fully saturated rings. The van der Waals surface area contributed by atoms with Crippen LogP contribution in [-0.2, 0) is 14.4 Å². The number of halogens is 3. The molecule has 1 aliphatic heterocycles. The molecule has 2 amide bonds. The first-order valence-electron chi connectivity index (χ1n) is 7.71. The van der Waals surface area contributed by atoms with E-state index in [0.29, 0.717) is 0 Å². The van der Waals surface area contributed by atoms with Crippen LogP contribution in [0.15, 0.2) is 0 Å². The molecule has 1 heterocycles. The van der Waals surface area contributed by atoms with E-state index in [1.54, 1.807) is 5.32 Å². The predicted molar refractivity (Wildman–Crippen MR) is 76.7 cm³/mol. The van der Waals surface area contributed by atoms with Crippen molar-refractivity contribution < 1.29 is 32.7 Å². The van der Waals surface area contributed by atoms with Gasteiger partial charge in [0.15, 0.2) is 0 Å². The lowest BCUT2D eigenvalue weighted by molar-refractivity contribution is -0.175. The molecule has 4 atom stereocenters. The summed E-state index contributed by atoms with van der Waals surface area (Å²) in [5, 5.41) is 11.1. The number of rotatable bonds is 4. The zero-order chi connectivity index (χ0) is 18.6. The number of aliphatic carboxylic acids is 1. The molecule has 2 aliphatic rings. The summed E-state index contributed by atoms with van der Waals surface area (Å²) >= 11 is 0. The average molecular weight is 350 g/mol. The van der Waals surface area contributed by atoms with Gasteiger partial charge in [0.05, 0.1) is 0 Å². The summed E-state index contributed by atoms with van der Waals surface area (Å²) in [5.74, 6) is -4.97. The lowest BCUT2D eigenvalue weighted by Crippen LogP contribution is -2.57.